The minimum atomic E-state index is -0.602. The maximum atomic E-state index is 14.2. The standard InChI is InChI=1S/C29H24FN7O4/c30-22-9-17(11-31)1-2-20(22)16-40-27-6-4-19-12-36(14-24(19)33-27)15-26-32-23-5-3-18(28-34-29(38)41-35-28)10-25(23)37(26)13-21-7-8-39-21/h1-6,9-10,21H,7-8,12-16H2,(H,34,35,38)/t21-/m0/s1. The molecule has 0 unspecified atom stereocenters. The fourth-order valence-electron chi connectivity index (χ4n) is 5.21. The van der Waals surface area contributed by atoms with Gasteiger partial charge in [0.15, 0.2) is 5.82 Å². The van der Waals surface area contributed by atoms with Crippen LogP contribution in [0.2, 0.25) is 0 Å². The van der Waals surface area contributed by atoms with Gasteiger partial charge in [0.1, 0.15) is 18.2 Å². The first-order valence-electron chi connectivity index (χ1n) is 13.2. The Labute approximate surface area is 232 Å². The number of ether oxygens (including phenoxy) is 2. The fourth-order valence-corrected chi connectivity index (χ4v) is 5.21. The van der Waals surface area contributed by atoms with Gasteiger partial charge >= 0.3 is 5.76 Å². The zero-order valence-corrected chi connectivity index (χ0v) is 21.8. The number of halogens is 1. The summed E-state index contributed by atoms with van der Waals surface area (Å²) in [6.45, 7) is 3.37. The summed E-state index contributed by atoms with van der Waals surface area (Å²) < 4.78 is 32.6. The minimum absolute atomic E-state index is 0.0184. The maximum absolute atomic E-state index is 14.2. The second-order valence-electron chi connectivity index (χ2n) is 10.2. The number of hydrogen-bond acceptors (Lipinski definition) is 9. The van der Waals surface area contributed by atoms with Crippen molar-refractivity contribution < 1.29 is 18.4 Å². The van der Waals surface area contributed by atoms with E-state index in [1.165, 1.54) is 6.07 Å². The number of aromatic amines is 1. The molecule has 3 aromatic heterocycles. The summed E-state index contributed by atoms with van der Waals surface area (Å²) in [6, 6.07) is 15.8. The van der Waals surface area contributed by atoms with E-state index < -0.39 is 11.6 Å². The Morgan fingerprint density at radius 3 is 2.80 bits per heavy atom. The van der Waals surface area contributed by atoms with Crippen LogP contribution >= 0.6 is 0 Å². The van der Waals surface area contributed by atoms with E-state index in [4.69, 9.17) is 19.7 Å². The van der Waals surface area contributed by atoms with Crippen molar-refractivity contribution in [2.24, 2.45) is 0 Å². The van der Waals surface area contributed by atoms with Crippen molar-refractivity contribution in [3.05, 3.63) is 93.1 Å². The highest BCUT2D eigenvalue weighted by Gasteiger charge is 2.26. The smallest absolute Gasteiger partial charge is 0.439 e. The first kappa shape index (κ1) is 25.1. The summed E-state index contributed by atoms with van der Waals surface area (Å²) in [5, 5.41) is 12.8. The molecule has 1 saturated heterocycles. The van der Waals surface area contributed by atoms with Gasteiger partial charge in [-0.2, -0.15) is 5.26 Å². The number of nitriles is 1. The third-order valence-corrected chi connectivity index (χ3v) is 7.45. The molecule has 1 N–H and O–H groups in total. The van der Waals surface area contributed by atoms with Gasteiger partial charge in [-0.1, -0.05) is 17.3 Å². The van der Waals surface area contributed by atoms with Crippen molar-refractivity contribution in [1.29, 1.82) is 5.26 Å². The second kappa shape index (κ2) is 10.3. The molecule has 41 heavy (non-hydrogen) atoms. The first-order chi connectivity index (χ1) is 20.0. The van der Waals surface area contributed by atoms with Crippen molar-refractivity contribution in [2.45, 2.75) is 45.3 Å². The molecular formula is C29H24FN7O4. The Hall–Kier alpha value is -4.86. The van der Waals surface area contributed by atoms with Crippen LogP contribution < -0.4 is 10.5 Å². The Kier molecular flexibility index (Phi) is 6.30. The van der Waals surface area contributed by atoms with Gasteiger partial charge < -0.3 is 14.0 Å². The van der Waals surface area contributed by atoms with E-state index in [9.17, 15) is 9.18 Å². The maximum Gasteiger partial charge on any atom is 0.439 e. The number of H-pyrrole nitrogens is 1. The van der Waals surface area contributed by atoms with E-state index in [0.717, 1.165) is 46.7 Å². The van der Waals surface area contributed by atoms with E-state index in [1.807, 2.05) is 30.3 Å². The SMILES string of the molecule is N#Cc1ccc(COc2ccc3c(n2)CN(Cc2nc4ccc(-c5noc(=O)[nH]5)cc4n2C[C@@H]2CCO2)C3)c(F)c1. The second-order valence-corrected chi connectivity index (χ2v) is 10.2. The molecular weight excluding hydrogens is 529 g/mol. The molecule has 7 rings (SSSR count). The first-order valence-corrected chi connectivity index (χ1v) is 13.2. The molecule has 0 radical (unpaired) electrons. The van der Waals surface area contributed by atoms with Crippen LogP contribution in [0.4, 0.5) is 4.39 Å². The molecule has 2 aromatic carbocycles. The average molecular weight is 554 g/mol. The van der Waals surface area contributed by atoms with Crippen LogP contribution in [0.25, 0.3) is 22.4 Å². The third-order valence-electron chi connectivity index (χ3n) is 7.45. The van der Waals surface area contributed by atoms with Gasteiger partial charge in [-0.3, -0.25) is 14.4 Å². The van der Waals surface area contributed by atoms with Gasteiger partial charge in [0.05, 0.1) is 47.6 Å². The van der Waals surface area contributed by atoms with E-state index in [0.29, 0.717) is 43.4 Å². The van der Waals surface area contributed by atoms with Crippen LogP contribution in [0.3, 0.4) is 0 Å². The number of pyridine rings is 1. The number of nitrogens with zero attached hydrogens (tertiary/aromatic N) is 6. The molecule has 5 heterocycles. The summed E-state index contributed by atoms with van der Waals surface area (Å²) >= 11 is 0. The molecule has 1 fully saturated rings. The zero-order valence-electron chi connectivity index (χ0n) is 21.8. The van der Waals surface area contributed by atoms with Gasteiger partial charge in [-0.25, -0.2) is 19.2 Å². The van der Waals surface area contributed by atoms with Crippen LogP contribution in [0.5, 0.6) is 5.88 Å². The van der Waals surface area contributed by atoms with Gasteiger partial charge in [0.2, 0.25) is 5.88 Å². The molecule has 0 aliphatic carbocycles. The van der Waals surface area contributed by atoms with E-state index >= 15 is 0 Å². The number of hydrogen-bond donors (Lipinski definition) is 1. The quantitative estimate of drug-likeness (QED) is 0.305. The van der Waals surface area contributed by atoms with Crippen LogP contribution in [0.1, 0.15) is 34.6 Å². The molecule has 206 valence electrons. The highest BCUT2D eigenvalue weighted by Crippen LogP contribution is 2.29. The van der Waals surface area contributed by atoms with Crippen LogP contribution in [-0.2, 0) is 37.5 Å². The Balaban J connectivity index is 1.09. The van der Waals surface area contributed by atoms with Gasteiger partial charge in [0.25, 0.3) is 0 Å². The number of imidazole rings is 1. The van der Waals surface area contributed by atoms with Gasteiger partial charge in [-0.05, 0) is 42.3 Å². The normalized spacial score (nSPS) is 16.4. The predicted octanol–water partition coefficient (Wildman–Crippen LogP) is 3.67. The lowest BCUT2D eigenvalue weighted by Gasteiger charge is -2.28. The number of benzene rings is 2. The lowest BCUT2D eigenvalue weighted by Crippen LogP contribution is -2.32. The number of nitrogens with one attached hydrogen (secondary N) is 1. The van der Waals surface area contributed by atoms with Crippen molar-refractivity contribution >= 4 is 11.0 Å². The zero-order chi connectivity index (χ0) is 27.9. The largest absolute Gasteiger partial charge is 0.473 e. The lowest BCUT2D eigenvalue weighted by molar-refractivity contribution is -0.0592. The van der Waals surface area contributed by atoms with Gasteiger partial charge in [0, 0.05) is 36.9 Å². The van der Waals surface area contributed by atoms with Crippen molar-refractivity contribution in [2.75, 3.05) is 6.61 Å². The van der Waals surface area contributed by atoms with E-state index in [1.54, 1.807) is 18.2 Å². The lowest BCUT2D eigenvalue weighted by atomic mass is 10.1. The third kappa shape index (κ3) is 4.97. The number of aromatic nitrogens is 5. The number of fused-ring (bicyclic) bond motifs is 2. The Morgan fingerprint density at radius 2 is 2.05 bits per heavy atom. The summed E-state index contributed by atoms with van der Waals surface area (Å²) in [6.07, 6.45) is 1.11. The summed E-state index contributed by atoms with van der Waals surface area (Å²) in [4.78, 5) is 26.0. The molecule has 0 bridgehead atoms. The topological polar surface area (TPSA) is 135 Å². The molecule has 0 saturated carbocycles. The molecule has 0 spiro atoms. The average Bonchev–Trinajstić information content (AvgIpc) is 3.65. The molecule has 2 aliphatic rings. The van der Waals surface area contributed by atoms with Crippen LogP contribution in [-0.4, -0.2) is 42.3 Å². The highest BCUT2D eigenvalue weighted by atomic mass is 19.1. The predicted molar refractivity (Wildman–Crippen MR) is 143 cm³/mol. The molecule has 0 amide bonds. The molecule has 2 aliphatic heterocycles. The molecule has 12 heteroatoms. The molecule has 5 aromatic rings. The molecule has 11 nitrogen and oxygen atoms in total. The van der Waals surface area contributed by atoms with Crippen molar-refractivity contribution in [3.8, 4) is 23.3 Å². The summed E-state index contributed by atoms with van der Waals surface area (Å²) in [5.74, 6) is 0.610. The number of rotatable bonds is 8. The van der Waals surface area contributed by atoms with E-state index in [-0.39, 0.29) is 18.3 Å². The van der Waals surface area contributed by atoms with Gasteiger partial charge in [-0.15, -0.1) is 0 Å². The fraction of sp³-hybridized carbons (Fsp3) is 0.276. The molecule has 1 atom stereocenters. The van der Waals surface area contributed by atoms with E-state index in [2.05, 4.69) is 29.1 Å². The monoisotopic (exact) mass is 553 g/mol. The Bertz CT molecular complexity index is 1870. The summed E-state index contributed by atoms with van der Waals surface area (Å²) in [5.41, 5.74) is 5.14. The van der Waals surface area contributed by atoms with Crippen molar-refractivity contribution in [1.82, 2.24) is 29.6 Å². The highest BCUT2D eigenvalue weighted by molar-refractivity contribution is 5.81. The van der Waals surface area contributed by atoms with Crippen molar-refractivity contribution in [3.63, 3.8) is 0 Å². The Morgan fingerprint density at radius 1 is 1.15 bits per heavy atom. The van der Waals surface area contributed by atoms with Crippen LogP contribution in [0.15, 0.2) is 57.8 Å². The minimum Gasteiger partial charge on any atom is -0.473 e. The van der Waals surface area contributed by atoms with Crippen LogP contribution in [0, 0.1) is 17.1 Å². The summed E-state index contributed by atoms with van der Waals surface area (Å²) in [7, 11) is 0.